The van der Waals surface area contributed by atoms with Crippen LogP contribution >= 0.6 is 11.6 Å². The molecule has 31 heavy (non-hydrogen) atoms. The number of hydrogen-bond acceptors (Lipinski definition) is 4. The lowest BCUT2D eigenvalue weighted by Crippen LogP contribution is -2.34. The molecule has 0 bridgehead atoms. The molecule has 0 aliphatic carbocycles. The molecule has 2 heterocycles. The molecule has 5 nitrogen and oxygen atoms in total. The summed E-state index contributed by atoms with van der Waals surface area (Å²) < 4.78 is 11.7. The molecule has 1 saturated heterocycles. The number of oxazole rings is 1. The molecule has 1 atom stereocenters. The monoisotopic (exact) mass is 432 g/mol. The molecule has 156 valence electrons. The molecule has 0 N–H and O–H groups in total. The maximum absolute atomic E-state index is 12.8. The lowest BCUT2D eigenvalue weighted by atomic mass is 10.1. The number of aromatic nitrogens is 1. The second-order valence-electron chi connectivity index (χ2n) is 7.59. The van der Waals surface area contributed by atoms with Gasteiger partial charge in [-0.1, -0.05) is 48.0 Å². The highest BCUT2D eigenvalue weighted by atomic mass is 35.5. The fourth-order valence-corrected chi connectivity index (χ4v) is 4.10. The molecule has 1 aromatic heterocycles. The van der Waals surface area contributed by atoms with Gasteiger partial charge in [0, 0.05) is 11.6 Å². The van der Waals surface area contributed by atoms with Crippen molar-refractivity contribution in [3.8, 4) is 16.9 Å². The van der Waals surface area contributed by atoms with Gasteiger partial charge in [0.1, 0.15) is 17.3 Å². The van der Waals surface area contributed by atoms with Crippen LogP contribution in [0.1, 0.15) is 24.8 Å². The summed E-state index contributed by atoms with van der Waals surface area (Å²) in [6, 6.07) is 23.0. The molecular formula is C25H21ClN2O3. The average Bonchev–Trinajstić information content (AvgIpc) is 3.45. The first-order valence-electron chi connectivity index (χ1n) is 10.3. The Morgan fingerprint density at radius 3 is 2.68 bits per heavy atom. The minimum atomic E-state index is -0.172. The van der Waals surface area contributed by atoms with E-state index in [1.54, 1.807) is 29.2 Å². The van der Waals surface area contributed by atoms with Gasteiger partial charge in [-0.05, 0) is 60.4 Å². The molecule has 3 aromatic carbocycles. The zero-order valence-electron chi connectivity index (χ0n) is 16.8. The first-order valence-corrected chi connectivity index (χ1v) is 10.7. The van der Waals surface area contributed by atoms with Crippen molar-refractivity contribution in [1.82, 2.24) is 9.88 Å². The quantitative estimate of drug-likeness (QED) is 0.394. The zero-order valence-corrected chi connectivity index (χ0v) is 17.6. The molecular weight excluding hydrogens is 412 g/mol. The molecule has 0 unspecified atom stereocenters. The Kier molecular flexibility index (Phi) is 5.35. The number of hydrogen-bond donors (Lipinski definition) is 0. The normalized spacial score (nSPS) is 16.0. The SMILES string of the molecule is O=C(COc1ccc(Cl)cc1)N1CCC[C@H]1c1nc2cc(-c3ccccc3)ccc2o1. The van der Waals surface area contributed by atoms with E-state index < -0.39 is 0 Å². The van der Waals surface area contributed by atoms with Crippen LogP contribution in [0.3, 0.4) is 0 Å². The van der Waals surface area contributed by atoms with Crippen LogP contribution in [0, 0.1) is 0 Å². The molecule has 1 aliphatic rings. The Morgan fingerprint density at radius 1 is 1.06 bits per heavy atom. The largest absolute Gasteiger partial charge is 0.484 e. The van der Waals surface area contributed by atoms with Crippen LogP contribution in [0.2, 0.25) is 5.02 Å². The average molecular weight is 433 g/mol. The minimum absolute atomic E-state index is 0.0312. The summed E-state index contributed by atoms with van der Waals surface area (Å²) in [4.78, 5) is 19.4. The van der Waals surface area contributed by atoms with Crippen molar-refractivity contribution < 1.29 is 13.9 Å². The van der Waals surface area contributed by atoms with E-state index in [1.165, 1.54) is 0 Å². The Labute approximate surface area is 185 Å². The van der Waals surface area contributed by atoms with Crippen LogP contribution < -0.4 is 4.74 Å². The number of ether oxygens (including phenoxy) is 1. The number of benzene rings is 3. The molecule has 1 amide bonds. The third-order valence-electron chi connectivity index (χ3n) is 5.55. The smallest absolute Gasteiger partial charge is 0.261 e. The molecule has 1 fully saturated rings. The second kappa shape index (κ2) is 8.44. The summed E-state index contributed by atoms with van der Waals surface area (Å²) in [6.07, 6.45) is 1.73. The van der Waals surface area contributed by atoms with E-state index in [1.807, 2.05) is 36.4 Å². The molecule has 6 heteroatoms. The summed E-state index contributed by atoms with van der Waals surface area (Å²) in [5.74, 6) is 1.12. The van der Waals surface area contributed by atoms with Gasteiger partial charge in [-0.15, -0.1) is 0 Å². The molecule has 1 aliphatic heterocycles. The van der Waals surface area contributed by atoms with Gasteiger partial charge in [-0.25, -0.2) is 4.98 Å². The summed E-state index contributed by atoms with van der Waals surface area (Å²) in [5.41, 5.74) is 3.74. The lowest BCUT2D eigenvalue weighted by molar-refractivity contribution is -0.134. The van der Waals surface area contributed by atoms with Crippen LogP contribution in [-0.2, 0) is 4.79 Å². The number of halogens is 1. The van der Waals surface area contributed by atoms with Crippen LogP contribution in [0.5, 0.6) is 5.75 Å². The van der Waals surface area contributed by atoms with Crippen LogP contribution in [0.15, 0.2) is 77.2 Å². The highest BCUT2D eigenvalue weighted by Gasteiger charge is 2.33. The van der Waals surface area contributed by atoms with Crippen LogP contribution in [0.25, 0.3) is 22.2 Å². The van der Waals surface area contributed by atoms with E-state index in [2.05, 4.69) is 12.1 Å². The van der Waals surface area contributed by atoms with Crippen molar-refractivity contribution in [2.45, 2.75) is 18.9 Å². The highest BCUT2D eigenvalue weighted by Crippen LogP contribution is 2.34. The van der Waals surface area contributed by atoms with E-state index in [4.69, 9.17) is 25.7 Å². The van der Waals surface area contributed by atoms with Crippen molar-refractivity contribution in [3.63, 3.8) is 0 Å². The fraction of sp³-hybridized carbons (Fsp3) is 0.200. The lowest BCUT2D eigenvalue weighted by Gasteiger charge is -2.22. The molecule has 0 radical (unpaired) electrons. The molecule has 0 saturated carbocycles. The minimum Gasteiger partial charge on any atom is -0.484 e. The van der Waals surface area contributed by atoms with E-state index in [0.717, 1.165) is 35.1 Å². The van der Waals surface area contributed by atoms with Gasteiger partial charge in [0.25, 0.3) is 5.91 Å². The topological polar surface area (TPSA) is 55.6 Å². The van der Waals surface area contributed by atoms with Gasteiger partial charge in [0.15, 0.2) is 12.2 Å². The first kappa shape index (κ1) is 19.6. The van der Waals surface area contributed by atoms with Crippen molar-refractivity contribution in [1.29, 1.82) is 0 Å². The number of carbonyl (C=O) groups is 1. The number of fused-ring (bicyclic) bond motifs is 1. The van der Waals surface area contributed by atoms with Crippen molar-refractivity contribution >= 4 is 28.6 Å². The van der Waals surface area contributed by atoms with Gasteiger partial charge < -0.3 is 14.1 Å². The zero-order chi connectivity index (χ0) is 21.2. The Morgan fingerprint density at radius 2 is 1.87 bits per heavy atom. The Hall–Kier alpha value is -3.31. The number of carbonyl (C=O) groups excluding carboxylic acids is 1. The maximum atomic E-state index is 12.8. The standard InChI is InChI=1S/C25H21ClN2O3/c26-19-9-11-20(12-10-19)30-16-24(29)28-14-4-7-22(28)25-27-21-15-18(8-13-23(21)31-25)17-5-2-1-3-6-17/h1-3,5-6,8-13,15,22H,4,7,14,16H2/t22-/m0/s1. The number of rotatable bonds is 5. The predicted octanol–water partition coefficient (Wildman–Crippen LogP) is 5.89. The van der Waals surface area contributed by atoms with Crippen LogP contribution in [0.4, 0.5) is 0 Å². The number of amides is 1. The van der Waals surface area contributed by atoms with Gasteiger partial charge in [-0.3, -0.25) is 4.79 Å². The van der Waals surface area contributed by atoms with Gasteiger partial charge >= 0.3 is 0 Å². The van der Waals surface area contributed by atoms with E-state index in [9.17, 15) is 4.79 Å². The summed E-state index contributed by atoms with van der Waals surface area (Å²) >= 11 is 5.89. The van der Waals surface area contributed by atoms with E-state index >= 15 is 0 Å². The van der Waals surface area contributed by atoms with Gasteiger partial charge in [0.05, 0.1) is 0 Å². The van der Waals surface area contributed by atoms with Crippen molar-refractivity contribution in [3.05, 3.63) is 83.7 Å². The van der Waals surface area contributed by atoms with Gasteiger partial charge in [-0.2, -0.15) is 0 Å². The molecule has 4 aromatic rings. The number of nitrogens with zero attached hydrogens (tertiary/aromatic N) is 2. The van der Waals surface area contributed by atoms with Gasteiger partial charge in [0.2, 0.25) is 5.89 Å². The Bertz CT molecular complexity index is 1200. The summed E-state index contributed by atoms with van der Waals surface area (Å²) in [6.45, 7) is 0.637. The highest BCUT2D eigenvalue weighted by molar-refractivity contribution is 6.30. The third kappa shape index (κ3) is 4.14. The second-order valence-corrected chi connectivity index (χ2v) is 8.02. The van der Waals surface area contributed by atoms with Crippen molar-refractivity contribution in [2.75, 3.05) is 13.2 Å². The van der Waals surface area contributed by atoms with Crippen molar-refractivity contribution in [2.24, 2.45) is 0 Å². The summed E-state index contributed by atoms with van der Waals surface area (Å²) in [5, 5.41) is 0.629. The van der Waals surface area contributed by atoms with Crippen LogP contribution in [-0.4, -0.2) is 28.9 Å². The Balaban J connectivity index is 1.33. The summed E-state index contributed by atoms with van der Waals surface area (Å²) in [7, 11) is 0. The van der Waals surface area contributed by atoms with E-state index in [0.29, 0.717) is 23.2 Å². The number of likely N-dealkylation sites (tertiary alicyclic amines) is 1. The molecule has 5 rings (SSSR count). The maximum Gasteiger partial charge on any atom is 0.261 e. The fourth-order valence-electron chi connectivity index (χ4n) is 3.98. The first-order chi connectivity index (χ1) is 15.2. The predicted molar refractivity (Wildman–Crippen MR) is 120 cm³/mol. The molecule has 0 spiro atoms. The third-order valence-corrected chi connectivity index (χ3v) is 5.80. The van der Waals surface area contributed by atoms with E-state index in [-0.39, 0.29) is 18.6 Å².